The fourth-order valence-corrected chi connectivity index (χ4v) is 0.946. The summed E-state index contributed by atoms with van der Waals surface area (Å²) in [5.41, 5.74) is 5.48. The van der Waals surface area contributed by atoms with Gasteiger partial charge in [-0.1, -0.05) is 0 Å². The van der Waals surface area contributed by atoms with Crippen molar-refractivity contribution >= 4 is 6.41 Å². The average molecular weight is 114 g/mol. The van der Waals surface area contributed by atoms with E-state index in [9.17, 15) is 4.79 Å². The first-order valence-corrected chi connectivity index (χ1v) is 2.81. The molecular weight excluding hydrogens is 104 g/mol. The standard InChI is InChI=1S/C5H10N2O/c6-5-2-1-3-7(5)4-8/h4-5H,1-3,6H2. The third-order valence-corrected chi connectivity index (χ3v) is 1.48. The first kappa shape index (κ1) is 5.56. The van der Waals surface area contributed by atoms with Crippen molar-refractivity contribution in [2.24, 2.45) is 5.73 Å². The average Bonchev–Trinajstić information content (AvgIpc) is 2.14. The van der Waals surface area contributed by atoms with Gasteiger partial charge in [0, 0.05) is 6.54 Å². The van der Waals surface area contributed by atoms with Gasteiger partial charge >= 0.3 is 0 Å². The monoisotopic (exact) mass is 114 g/mol. The zero-order valence-electron chi connectivity index (χ0n) is 4.71. The zero-order valence-corrected chi connectivity index (χ0v) is 4.71. The Hall–Kier alpha value is -0.570. The fraction of sp³-hybridized carbons (Fsp3) is 0.800. The first-order valence-electron chi connectivity index (χ1n) is 2.81. The minimum absolute atomic E-state index is 0.00694. The summed E-state index contributed by atoms with van der Waals surface area (Å²) in [5, 5.41) is 0. The Bertz CT molecular complexity index is 94.4. The maximum absolute atomic E-state index is 10.1. The molecule has 1 atom stereocenters. The number of nitrogens with two attached hydrogens (primary N) is 1. The summed E-state index contributed by atoms with van der Waals surface area (Å²) in [6.45, 7) is 0.838. The van der Waals surface area contributed by atoms with Crippen LogP contribution in [0.1, 0.15) is 12.8 Å². The highest BCUT2D eigenvalue weighted by Gasteiger charge is 2.17. The van der Waals surface area contributed by atoms with Crippen molar-refractivity contribution in [2.45, 2.75) is 19.0 Å². The molecule has 1 saturated heterocycles. The SMILES string of the molecule is NC1CCCN1C=O. The molecule has 1 heterocycles. The van der Waals surface area contributed by atoms with E-state index in [2.05, 4.69) is 0 Å². The van der Waals surface area contributed by atoms with Crippen molar-refractivity contribution in [1.29, 1.82) is 0 Å². The Kier molecular flexibility index (Phi) is 1.48. The van der Waals surface area contributed by atoms with Gasteiger partial charge in [-0.2, -0.15) is 0 Å². The number of carbonyl (C=O) groups is 1. The predicted molar refractivity (Wildman–Crippen MR) is 30.0 cm³/mol. The molecule has 3 nitrogen and oxygen atoms in total. The highest BCUT2D eigenvalue weighted by atomic mass is 16.1. The van der Waals surface area contributed by atoms with Gasteiger partial charge in [-0.05, 0) is 12.8 Å². The number of nitrogens with zero attached hydrogens (tertiary/aromatic N) is 1. The molecule has 0 bridgehead atoms. The summed E-state index contributed by atoms with van der Waals surface area (Å²) >= 11 is 0. The Labute approximate surface area is 48.5 Å². The van der Waals surface area contributed by atoms with Gasteiger partial charge in [0.05, 0.1) is 6.17 Å². The number of amides is 1. The lowest BCUT2D eigenvalue weighted by atomic mass is 10.3. The predicted octanol–water partition coefficient (Wildman–Crippen LogP) is -0.477. The van der Waals surface area contributed by atoms with E-state index in [4.69, 9.17) is 5.73 Å². The molecule has 1 fully saturated rings. The number of hydrogen-bond donors (Lipinski definition) is 1. The molecule has 3 heteroatoms. The summed E-state index contributed by atoms with van der Waals surface area (Å²) in [7, 11) is 0. The van der Waals surface area contributed by atoms with E-state index in [0.717, 1.165) is 25.8 Å². The zero-order chi connectivity index (χ0) is 5.98. The van der Waals surface area contributed by atoms with Crippen LogP contribution in [0.5, 0.6) is 0 Å². The highest BCUT2D eigenvalue weighted by molar-refractivity contribution is 5.48. The minimum Gasteiger partial charge on any atom is -0.330 e. The summed E-state index contributed by atoms with van der Waals surface area (Å²) < 4.78 is 0. The van der Waals surface area contributed by atoms with Crippen molar-refractivity contribution in [2.75, 3.05) is 6.54 Å². The normalized spacial score (nSPS) is 28.6. The summed E-state index contributed by atoms with van der Waals surface area (Å²) in [6, 6.07) is 0. The van der Waals surface area contributed by atoms with Crippen LogP contribution in [0.4, 0.5) is 0 Å². The lowest BCUT2D eigenvalue weighted by Gasteiger charge is -2.13. The lowest BCUT2D eigenvalue weighted by molar-refractivity contribution is -0.118. The van der Waals surface area contributed by atoms with Crippen molar-refractivity contribution in [3.05, 3.63) is 0 Å². The van der Waals surface area contributed by atoms with Crippen LogP contribution >= 0.6 is 0 Å². The van der Waals surface area contributed by atoms with Gasteiger partial charge < -0.3 is 10.6 Å². The van der Waals surface area contributed by atoms with Crippen molar-refractivity contribution in [1.82, 2.24) is 4.90 Å². The highest BCUT2D eigenvalue weighted by Crippen LogP contribution is 2.08. The van der Waals surface area contributed by atoms with Gasteiger partial charge in [0.1, 0.15) is 0 Å². The molecular formula is C5H10N2O. The van der Waals surface area contributed by atoms with E-state index in [1.165, 1.54) is 0 Å². The van der Waals surface area contributed by atoms with E-state index in [-0.39, 0.29) is 6.17 Å². The Morgan fingerprint density at radius 3 is 2.75 bits per heavy atom. The van der Waals surface area contributed by atoms with Crippen LogP contribution in [0.25, 0.3) is 0 Å². The topological polar surface area (TPSA) is 46.3 Å². The molecule has 1 aliphatic heterocycles. The molecule has 8 heavy (non-hydrogen) atoms. The smallest absolute Gasteiger partial charge is 0.210 e. The Morgan fingerprint density at radius 1 is 1.75 bits per heavy atom. The van der Waals surface area contributed by atoms with Gasteiger partial charge in [0.25, 0.3) is 0 Å². The van der Waals surface area contributed by atoms with Crippen LogP contribution in [0.3, 0.4) is 0 Å². The molecule has 0 aliphatic carbocycles. The summed E-state index contributed by atoms with van der Waals surface area (Å²) in [6.07, 6.45) is 2.82. The van der Waals surface area contributed by atoms with Crippen LogP contribution in [-0.2, 0) is 4.79 Å². The molecule has 2 N–H and O–H groups in total. The fourth-order valence-electron chi connectivity index (χ4n) is 0.946. The number of carbonyl (C=O) groups excluding carboxylic acids is 1. The molecule has 0 aromatic rings. The molecule has 0 spiro atoms. The van der Waals surface area contributed by atoms with E-state index >= 15 is 0 Å². The van der Waals surface area contributed by atoms with Crippen molar-refractivity contribution in [3.8, 4) is 0 Å². The largest absolute Gasteiger partial charge is 0.330 e. The number of rotatable bonds is 1. The molecule has 1 aliphatic rings. The molecule has 46 valence electrons. The van der Waals surface area contributed by atoms with Crippen LogP contribution in [0.15, 0.2) is 0 Å². The van der Waals surface area contributed by atoms with Crippen LogP contribution in [-0.4, -0.2) is 24.0 Å². The summed E-state index contributed by atoms with van der Waals surface area (Å²) in [4.78, 5) is 11.7. The van der Waals surface area contributed by atoms with Crippen molar-refractivity contribution < 1.29 is 4.79 Å². The minimum atomic E-state index is -0.00694. The van der Waals surface area contributed by atoms with Crippen LogP contribution < -0.4 is 5.73 Å². The molecule has 1 amide bonds. The quantitative estimate of drug-likeness (QED) is 0.468. The van der Waals surface area contributed by atoms with E-state index < -0.39 is 0 Å². The Balaban J connectivity index is 2.41. The third kappa shape index (κ3) is 0.816. The maximum Gasteiger partial charge on any atom is 0.210 e. The van der Waals surface area contributed by atoms with E-state index in [0.29, 0.717) is 0 Å². The van der Waals surface area contributed by atoms with Crippen LogP contribution in [0.2, 0.25) is 0 Å². The molecule has 1 unspecified atom stereocenters. The summed E-state index contributed by atoms with van der Waals surface area (Å²) in [5.74, 6) is 0. The van der Waals surface area contributed by atoms with Crippen LogP contribution in [0, 0.1) is 0 Å². The maximum atomic E-state index is 10.1. The Morgan fingerprint density at radius 2 is 2.50 bits per heavy atom. The second kappa shape index (κ2) is 2.13. The van der Waals surface area contributed by atoms with Gasteiger partial charge in [0.2, 0.25) is 6.41 Å². The van der Waals surface area contributed by atoms with Gasteiger partial charge in [-0.25, -0.2) is 0 Å². The van der Waals surface area contributed by atoms with Gasteiger partial charge in [-0.3, -0.25) is 4.79 Å². The van der Waals surface area contributed by atoms with E-state index in [1.54, 1.807) is 4.90 Å². The van der Waals surface area contributed by atoms with Gasteiger partial charge in [-0.15, -0.1) is 0 Å². The van der Waals surface area contributed by atoms with E-state index in [1.807, 2.05) is 0 Å². The lowest BCUT2D eigenvalue weighted by Crippen LogP contribution is -2.34. The molecule has 1 rings (SSSR count). The molecule has 0 radical (unpaired) electrons. The number of likely N-dealkylation sites (tertiary alicyclic amines) is 1. The molecule has 0 aromatic carbocycles. The first-order chi connectivity index (χ1) is 3.84. The third-order valence-electron chi connectivity index (χ3n) is 1.48. The molecule has 0 saturated carbocycles. The number of hydrogen-bond acceptors (Lipinski definition) is 2. The van der Waals surface area contributed by atoms with Gasteiger partial charge in [0.15, 0.2) is 0 Å². The second-order valence-electron chi connectivity index (χ2n) is 2.05. The van der Waals surface area contributed by atoms with Crippen molar-refractivity contribution in [3.63, 3.8) is 0 Å². The second-order valence-corrected chi connectivity index (χ2v) is 2.05. The molecule has 0 aromatic heterocycles.